The van der Waals surface area contributed by atoms with E-state index in [9.17, 15) is 0 Å². The SMILES string of the molecule is Cl.c1ccc(C[PH](c2ccccc2)(c2ccccc2)c2ccccc2)cc1.c1ccc(P(c2ccccc2)c2ccccc2)cc1. The molecule has 7 aromatic carbocycles. The van der Waals surface area contributed by atoms with Gasteiger partial charge in [0.15, 0.2) is 0 Å². The van der Waals surface area contributed by atoms with Crippen LogP contribution in [-0.2, 0) is 6.16 Å². The molecule has 0 spiro atoms. The Morgan fingerprint density at radius 1 is 0.304 bits per heavy atom. The van der Waals surface area contributed by atoms with Gasteiger partial charge in [0.25, 0.3) is 0 Å². The monoisotopic (exact) mass is 652 g/mol. The zero-order valence-corrected chi connectivity index (χ0v) is 28.5. The van der Waals surface area contributed by atoms with Gasteiger partial charge in [-0.15, -0.1) is 12.4 Å². The first-order chi connectivity index (χ1) is 22.3. The molecule has 0 fully saturated rings. The average molecular weight is 653 g/mol. The summed E-state index contributed by atoms with van der Waals surface area (Å²) in [6.45, 7) is 0. The molecule has 46 heavy (non-hydrogen) atoms. The second-order valence-electron chi connectivity index (χ2n) is 11.0. The molecule has 0 saturated carbocycles. The maximum absolute atomic E-state index is 2.31. The Hall–Kier alpha value is -4.31. The molecular formula is C43H39ClP2. The topological polar surface area (TPSA) is 0 Å². The Kier molecular flexibility index (Phi) is 12.1. The van der Waals surface area contributed by atoms with Crippen molar-refractivity contribution in [3.05, 3.63) is 218 Å². The van der Waals surface area contributed by atoms with Crippen molar-refractivity contribution in [2.75, 3.05) is 0 Å². The molecular weight excluding hydrogens is 614 g/mol. The summed E-state index contributed by atoms with van der Waals surface area (Å²) in [4.78, 5) is 0. The van der Waals surface area contributed by atoms with Crippen molar-refractivity contribution in [2.24, 2.45) is 0 Å². The summed E-state index contributed by atoms with van der Waals surface area (Å²) in [5, 5.41) is 8.57. The molecule has 0 radical (unpaired) electrons. The Bertz CT molecular complexity index is 1640. The minimum absolute atomic E-state index is 0. The molecule has 7 aromatic rings. The Labute approximate surface area is 282 Å². The maximum Gasteiger partial charge on any atom is -0.0134 e. The van der Waals surface area contributed by atoms with Crippen LogP contribution >= 0.6 is 27.6 Å². The van der Waals surface area contributed by atoms with Gasteiger partial charge in [-0.2, -0.15) is 0 Å². The predicted molar refractivity (Wildman–Crippen MR) is 209 cm³/mol. The largest absolute Gasteiger partial charge is 0.0622 e. The quantitative estimate of drug-likeness (QED) is 0.144. The summed E-state index contributed by atoms with van der Waals surface area (Å²) in [6, 6.07) is 76.5. The van der Waals surface area contributed by atoms with Crippen molar-refractivity contribution in [3.8, 4) is 0 Å². The molecule has 0 nitrogen and oxygen atoms in total. The third kappa shape index (κ3) is 7.91. The van der Waals surface area contributed by atoms with Crippen LogP contribution in [0, 0.1) is 0 Å². The zero-order chi connectivity index (χ0) is 30.6. The molecule has 7 rings (SSSR count). The van der Waals surface area contributed by atoms with Crippen LogP contribution in [-0.4, -0.2) is 0 Å². The van der Waals surface area contributed by atoms with E-state index in [-0.39, 0.29) is 12.4 Å². The van der Waals surface area contributed by atoms with Crippen molar-refractivity contribution >= 4 is 59.4 Å². The Morgan fingerprint density at radius 2 is 0.543 bits per heavy atom. The molecule has 0 aliphatic rings. The van der Waals surface area contributed by atoms with Gasteiger partial charge >= 0.3 is 156 Å². The fourth-order valence-corrected chi connectivity index (χ4v) is 13.1. The van der Waals surface area contributed by atoms with Gasteiger partial charge in [0.2, 0.25) is 0 Å². The van der Waals surface area contributed by atoms with Gasteiger partial charge in [0, 0.05) is 0 Å². The van der Waals surface area contributed by atoms with Crippen LogP contribution in [0.3, 0.4) is 0 Å². The molecule has 3 heteroatoms. The average Bonchev–Trinajstić information content (AvgIpc) is 3.14. The molecule has 0 atom stereocenters. The normalized spacial score (nSPS) is 11.1. The van der Waals surface area contributed by atoms with E-state index in [2.05, 4.69) is 212 Å². The van der Waals surface area contributed by atoms with Gasteiger partial charge in [-0.1, -0.05) is 91.0 Å². The molecule has 0 heterocycles. The summed E-state index contributed by atoms with van der Waals surface area (Å²) in [5.41, 5.74) is 1.40. The van der Waals surface area contributed by atoms with Crippen molar-refractivity contribution in [3.63, 3.8) is 0 Å². The van der Waals surface area contributed by atoms with Crippen molar-refractivity contribution < 1.29 is 0 Å². The van der Waals surface area contributed by atoms with Crippen LogP contribution in [0.15, 0.2) is 212 Å². The number of halogens is 1. The molecule has 0 N–H and O–H groups in total. The van der Waals surface area contributed by atoms with Gasteiger partial charge in [0.1, 0.15) is 0 Å². The third-order valence-electron chi connectivity index (χ3n) is 8.16. The first-order valence-corrected chi connectivity index (χ1v) is 19.1. The Balaban J connectivity index is 0.000000186. The second-order valence-corrected chi connectivity index (χ2v) is 17.1. The van der Waals surface area contributed by atoms with Crippen LogP contribution in [0.2, 0.25) is 0 Å². The maximum atomic E-state index is 2.31. The van der Waals surface area contributed by atoms with Gasteiger partial charge in [-0.3, -0.25) is 0 Å². The van der Waals surface area contributed by atoms with E-state index >= 15 is 0 Å². The summed E-state index contributed by atoms with van der Waals surface area (Å²) < 4.78 is 0. The Morgan fingerprint density at radius 3 is 0.826 bits per heavy atom. The minimum Gasteiger partial charge on any atom is -0.0622 e. The van der Waals surface area contributed by atoms with Gasteiger partial charge < -0.3 is 0 Å². The summed E-state index contributed by atoms with van der Waals surface area (Å²) in [6.07, 6.45) is 1.06. The number of rotatable bonds is 8. The third-order valence-corrected chi connectivity index (χ3v) is 15.5. The van der Waals surface area contributed by atoms with E-state index in [0.717, 1.165) is 6.16 Å². The van der Waals surface area contributed by atoms with E-state index in [4.69, 9.17) is 0 Å². The fourth-order valence-electron chi connectivity index (χ4n) is 6.05. The van der Waals surface area contributed by atoms with Crippen molar-refractivity contribution in [1.29, 1.82) is 0 Å². The van der Waals surface area contributed by atoms with Crippen LogP contribution in [0.1, 0.15) is 5.56 Å². The van der Waals surface area contributed by atoms with Gasteiger partial charge in [0.05, 0.1) is 0 Å². The van der Waals surface area contributed by atoms with Crippen LogP contribution in [0.25, 0.3) is 0 Å². The van der Waals surface area contributed by atoms with Gasteiger partial charge in [-0.05, 0) is 23.8 Å². The molecule has 0 unspecified atom stereocenters. The number of hydrogen-bond donors (Lipinski definition) is 0. The molecule has 0 saturated heterocycles. The summed E-state index contributed by atoms with van der Waals surface area (Å²) >= 11 is 0. The van der Waals surface area contributed by atoms with Gasteiger partial charge in [-0.25, -0.2) is 0 Å². The number of hydrogen-bond acceptors (Lipinski definition) is 0. The first-order valence-electron chi connectivity index (χ1n) is 15.5. The predicted octanol–water partition coefficient (Wildman–Crippen LogP) is 8.78. The van der Waals surface area contributed by atoms with E-state index in [0.29, 0.717) is 0 Å². The molecule has 0 bridgehead atoms. The van der Waals surface area contributed by atoms with E-state index < -0.39 is 15.2 Å². The van der Waals surface area contributed by atoms with Crippen molar-refractivity contribution in [2.45, 2.75) is 6.16 Å². The summed E-state index contributed by atoms with van der Waals surface area (Å²) in [5.74, 6) is 0. The standard InChI is InChI=1S/C25H23P.C18H15P.ClH/c1-5-13-22(14-6-1)21-26(23-15-7-2-8-16-23,24-17-9-3-10-18-24)25-19-11-4-12-20-25;1-4-10-16(11-5-1)19(17-12-6-2-7-13-17)18-14-8-3-9-15-18;/h1-20,26H,21H2;1-15H;1H. The first kappa shape index (κ1) is 33.1. The summed E-state index contributed by atoms with van der Waals surface area (Å²) in [7, 11) is -2.61. The van der Waals surface area contributed by atoms with Crippen LogP contribution in [0.4, 0.5) is 0 Å². The molecule has 228 valence electrons. The molecule has 0 amide bonds. The fraction of sp³-hybridized carbons (Fsp3) is 0.0233. The second kappa shape index (κ2) is 16.8. The number of benzene rings is 7. The van der Waals surface area contributed by atoms with E-state index in [1.807, 2.05) is 0 Å². The smallest absolute Gasteiger partial charge is 0.0134 e. The zero-order valence-electron chi connectivity index (χ0n) is 25.8. The van der Waals surface area contributed by atoms with E-state index in [1.54, 1.807) is 0 Å². The van der Waals surface area contributed by atoms with Crippen LogP contribution in [0.5, 0.6) is 0 Å². The minimum atomic E-state index is -2.16. The molecule has 0 aliphatic heterocycles. The molecule has 0 aromatic heterocycles. The van der Waals surface area contributed by atoms with Crippen LogP contribution < -0.4 is 31.8 Å². The molecule has 0 aliphatic carbocycles. The van der Waals surface area contributed by atoms with E-state index in [1.165, 1.54) is 37.4 Å². The van der Waals surface area contributed by atoms with Crippen molar-refractivity contribution in [1.82, 2.24) is 0 Å².